The predicted octanol–water partition coefficient (Wildman–Crippen LogP) is 3.75. The van der Waals surface area contributed by atoms with Gasteiger partial charge in [-0.25, -0.2) is 0 Å². The SMILES string of the molecule is Cc1cccc(C(=O)N2CCSC23CCN(C(=O)Cc2ccccc2)CC3)c1. The molecule has 0 aliphatic carbocycles. The molecule has 0 N–H and O–H groups in total. The number of benzene rings is 2. The molecule has 0 unspecified atom stereocenters. The standard InChI is InChI=1S/C23H26N2O2S/c1-18-6-5-9-20(16-18)22(27)25-14-15-28-23(25)10-12-24(13-11-23)21(26)17-19-7-3-2-4-8-19/h2-9,16H,10-15,17H2,1H3. The molecule has 2 aliphatic heterocycles. The fourth-order valence-electron chi connectivity index (χ4n) is 4.23. The van der Waals surface area contributed by atoms with Crippen molar-refractivity contribution >= 4 is 23.6 Å². The van der Waals surface area contributed by atoms with Crippen LogP contribution in [0.3, 0.4) is 0 Å². The zero-order valence-electron chi connectivity index (χ0n) is 16.3. The lowest BCUT2D eigenvalue weighted by Gasteiger charge is -2.44. The second-order valence-electron chi connectivity index (χ2n) is 7.66. The third-order valence-corrected chi connectivity index (χ3v) is 7.34. The van der Waals surface area contributed by atoms with Gasteiger partial charge in [-0.05, 0) is 37.5 Å². The maximum Gasteiger partial charge on any atom is 0.255 e. The second-order valence-corrected chi connectivity index (χ2v) is 9.12. The van der Waals surface area contributed by atoms with E-state index in [2.05, 4.69) is 4.90 Å². The van der Waals surface area contributed by atoms with Crippen LogP contribution in [0.5, 0.6) is 0 Å². The second kappa shape index (κ2) is 8.00. The molecule has 2 aromatic carbocycles. The van der Waals surface area contributed by atoms with E-state index in [1.54, 1.807) is 0 Å². The largest absolute Gasteiger partial charge is 0.342 e. The van der Waals surface area contributed by atoms with Gasteiger partial charge in [0.25, 0.3) is 5.91 Å². The number of carbonyl (C=O) groups excluding carboxylic acids is 2. The first-order valence-corrected chi connectivity index (χ1v) is 10.9. The number of amides is 2. The van der Waals surface area contributed by atoms with E-state index in [1.807, 2.05) is 78.2 Å². The fraction of sp³-hybridized carbons (Fsp3) is 0.391. The molecular formula is C23H26N2O2S. The maximum absolute atomic E-state index is 13.2. The molecule has 2 heterocycles. The third-order valence-electron chi connectivity index (χ3n) is 5.78. The molecule has 0 bridgehead atoms. The van der Waals surface area contributed by atoms with Gasteiger partial charge in [0, 0.05) is 31.0 Å². The molecular weight excluding hydrogens is 368 g/mol. The van der Waals surface area contributed by atoms with Crippen LogP contribution >= 0.6 is 11.8 Å². The highest BCUT2D eigenvalue weighted by Gasteiger charge is 2.47. The van der Waals surface area contributed by atoms with E-state index in [1.165, 1.54) is 0 Å². The summed E-state index contributed by atoms with van der Waals surface area (Å²) in [7, 11) is 0. The number of hydrogen-bond donors (Lipinski definition) is 0. The van der Waals surface area contributed by atoms with E-state index in [9.17, 15) is 9.59 Å². The number of rotatable bonds is 3. The van der Waals surface area contributed by atoms with Gasteiger partial charge in [0.15, 0.2) is 0 Å². The Hall–Kier alpha value is -2.27. The Kier molecular flexibility index (Phi) is 5.44. The molecule has 1 spiro atoms. The van der Waals surface area contributed by atoms with Gasteiger partial charge in [0.05, 0.1) is 11.3 Å². The van der Waals surface area contributed by atoms with Gasteiger partial charge in [-0.15, -0.1) is 11.8 Å². The summed E-state index contributed by atoms with van der Waals surface area (Å²) in [6.45, 7) is 4.24. The summed E-state index contributed by atoms with van der Waals surface area (Å²) in [6, 6.07) is 17.7. The molecule has 4 rings (SSSR count). The lowest BCUT2D eigenvalue weighted by Crippen LogP contribution is -2.53. The molecule has 2 aliphatic rings. The molecule has 0 atom stereocenters. The number of nitrogens with zero attached hydrogens (tertiary/aromatic N) is 2. The van der Waals surface area contributed by atoms with Crippen molar-refractivity contribution in [3.8, 4) is 0 Å². The molecule has 2 fully saturated rings. The number of aryl methyl sites for hydroxylation is 1. The van der Waals surface area contributed by atoms with Gasteiger partial charge in [0.1, 0.15) is 0 Å². The van der Waals surface area contributed by atoms with E-state index >= 15 is 0 Å². The summed E-state index contributed by atoms with van der Waals surface area (Å²) in [5, 5.41) is 0. The molecule has 28 heavy (non-hydrogen) atoms. The van der Waals surface area contributed by atoms with Crippen LogP contribution in [0.1, 0.15) is 34.3 Å². The highest BCUT2D eigenvalue weighted by atomic mass is 32.2. The summed E-state index contributed by atoms with van der Waals surface area (Å²) in [4.78, 5) is 29.7. The number of likely N-dealkylation sites (tertiary alicyclic amines) is 1. The Morgan fingerprint density at radius 3 is 2.46 bits per heavy atom. The van der Waals surface area contributed by atoms with Gasteiger partial charge in [-0.1, -0.05) is 48.0 Å². The minimum absolute atomic E-state index is 0.123. The number of carbonyl (C=O) groups is 2. The Morgan fingerprint density at radius 2 is 1.75 bits per heavy atom. The van der Waals surface area contributed by atoms with Crippen molar-refractivity contribution in [2.75, 3.05) is 25.4 Å². The molecule has 2 aromatic rings. The van der Waals surface area contributed by atoms with Gasteiger partial charge < -0.3 is 9.80 Å². The first-order chi connectivity index (χ1) is 13.6. The summed E-state index contributed by atoms with van der Waals surface area (Å²) in [5.74, 6) is 1.27. The van der Waals surface area contributed by atoms with Gasteiger partial charge in [0.2, 0.25) is 5.91 Å². The normalized spacial score (nSPS) is 18.5. The van der Waals surface area contributed by atoms with E-state index in [4.69, 9.17) is 0 Å². The zero-order valence-corrected chi connectivity index (χ0v) is 17.1. The average molecular weight is 395 g/mol. The molecule has 4 nitrogen and oxygen atoms in total. The van der Waals surface area contributed by atoms with Crippen LogP contribution < -0.4 is 0 Å². The average Bonchev–Trinajstić information content (AvgIpc) is 3.11. The molecule has 0 aromatic heterocycles. The van der Waals surface area contributed by atoms with Crippen molar-refractivity contribution in [3.63, 3.8) is 0 Å². The van der Waals surface area contributed by atoms with Gasteiger partial charge >= 0.3 is 0 Å². The van der Waals surface area contributed by atoms with Crippen LogP contribution in [0.25, 0.3) is 0 Å². The maximum atomic E-state index is 13.2. The van der Waals surface area contributed by atoms with E-state index in [0.717, 1.165) is 54.9 Å². The van der Waals surface area contributed by atoms with Gasteiger partial charge in [-0.2, -0.15) is 0 Å². The van der Waals surface area contributed by atoms with E-state index < -0.39 is 0 Å². The minimum Gasteiger partial charge on any atom is -0.342 e. The lowest BCUT2D eigenvalue weighted by atomic mass is 9.99. The molecule has 2 amide bonds. The van der Waals surface area contributed by atoms with Crippen molar-refractivity contribution in [1.82, 2.24) is 9.80 Å². The first kappa shape index (κ1) is 19.1. The summed E-state index contributed by atoms with van der Waals surface area (Å²) in [5.41, 5.74) is 2.93. The number of thioether (sulfide) groups is 1. The van der Waals surface area contributed by atoms with E-state index in [-0.39, 0.29) is 16.7 Å². The Balaban J connectivity index is 1.42. The van der Waals surface area contributed by atoms with Crippen LogP contribution in [-0.4, -0.2) is 51.9 Å². The quantitative estimate of drug-likeness (QED) is 0.796. The molecule has 0 saturated carbocycles. The summed E-state index contributed by atoms with van der Waals surface area (Å²) < 4.78 is 0. The van der Waals surface area contributed by atoms with Crippen molar-refractivity contribution in [3.05, 3.63) is 71.3 Å². The first-order valence-electron chi connectivity index (χ1n) is 9.92. The van der Waals surface area contributed by atoms with Crippen molar-refractivity contribution in [2.24, 2.45) is 0 Å². The minimum atomic E-state index is -0.162. The third kappa shape index (κ3) is 3.81. The zero-order chi connectivity index (χ0) is 19.6. The Morgan fingerprint density at radius 1 is 1.00 bits per heavy atom. The van der Waals surface area contributed by atoms with Crippen LogP contribution in [0.2, 0.25) is 0 Å². The topological polar surface area (TPSA) is 40.6 Å². The lowest BCUT2D eigenvalue weighted by molar-refractivity contribution is -0.132. The molecule has 2 saturated heterocycles. The summed E-state index contributed by atoms with van der Waals surface area (Å²) >= 11 is 1.89. The van der Waals surface area contributed by atoms with Crippen LogP contribution in [-0.2, 0) is 11.2 Å². The van der Waals surface area contributed by atoms with E-state index in [0.29, 0.717) is 6.42 Å². The molecule has 0 radical (unpaired) electrons. The molecule has 146 valence electrons. The van der Waals surface area contributed by atoms with Crippen LogP contribution in [0, 0.1) is 6.92 Å². The number of hydrogen-bond acceptors (Lipinski definition) is 3. The Labute approximate surface area is 170 Å². The summed E-state index contributed by atoms with van der Waals surface area (Å²) in [6.07, 6.45) is 2.14. The molecule has 5 heteroatoms. The highest BCUT2D eigenvalue weighted by Crippen LogP contribution is 2.44. The number of piperidine rings is 1. The van der Waals surface area contributed by atoms with Crippen molar-refractivity contribution in [1.29, 1.82) is 0 Å². The van der Waals surface area contributed by atoms with Crippen molar-refractivity contribution in [2.45, 2.75) is 31.1 Å². The monoisotopic (exact) mass is 394 g/mol. The van der Waals surface area contributed by atoms with Gasteiger partial charge in [-0.3, -0.25) is 9.59 Å². The smallest absolute Gasteiger partial charge is 0.255 e. The van der Waals surface area contributed by atoms with Crippen molar-refractivity contribution < 1.29 is 9.59 Å². The fourth-order valence-corrected chi connectivity index (χ4v) is 5.69. The predicted molar refractivity (Wildman–Crippen MR) is 113 cm³/mol. The Bertz CT molecular complexity index is 860. The van der Waals surface area contributed by atoms with Crippen LogP contribution in [0.15, 0.2) is 54.6 Å². The highest BCUT2D eigenvalue weighted by molar-refractivity contribution is 8.00. The van der Waals surface area contributed by atoms with Crippen LogP contribution in [0.4, 0.5) is 0 Å².